The van der Waals surface area contributed by atoms with E-state index in [-0.39, 0.29) is 55.6 Å². The highest BCUT2D eigenvalue weighted by Crippen LogP contribution is 2.21. The van der Waals surface area contributed by atoms with Gasteiger partial charge in [0, 0.05) is 48.8 Å². The topological polar surface area (TPSA) is 126 Å². The number of halogens is 1. The van der Waals surface area contributed by atoms with Crippen molar-refractivity contribution in [3.8, 4) is 0 Å². The average Bonchev–Trinajstić information content (AvgIpc) is 2.57. The molecule has 5 N–H and O–H groups in total. The third-order valence-corrected chi connectivity index (χ3v) is 4.34. The fourth-order valence-electron chi connectivity index (χ4n) is 2.30. The molecule has 2 amide bonds. The monoisotopic (exact) mass is 383 g/mol. The molecule has 2 atom stereocenters. The Kier molecular flexibility index (Phi) is 9.09. The minimum absolute atomic E-state index is 0.00909. The Bertz CT molecular complexity index is 619. The largest absolute Gasteiger partial charge is 0.550 e. The molecule has 0 aliphatic carbocycles. The lowest BCUT2D eigenvalue weighted by Crippen LogP contribution is -2.69. The molecule has 8 heteroatoms. The first-order valence-electron chi connectivity index (χ1n) is 8.53. The van der Waals surface area contributed by atoms with E-state index in [1.807, 2.05) is 13.8 Å². The summed E-state index contributed by atoms with van der Waals surface area (Å²) in [6.45, 7) is 4.11. The number of quaternary nitrogens is 1. The van der Waals surface area contributed by atoms with E-state index in [0.717, 1.165) is 5.56 Å². The first kappa shape index (κ1) is 21.9. The van der Waals surface area contributed by atoms with E-state index in [1.54, 1.807) is 24.3 Å². The smallest absolute Gasteiger partial charge is 0.278 e. The van der Waals surface area contributed by atoms with Gasteiger partial charge in [-0.05, 0) is 17.7 Å². The van der Waals surface area contributed by atoms with Crippen LogP contribution in [-0.4, -0.2) is 36.9 Å². The molecule has 1 aromatic carbocycles. The van der Waals surface area contributed by atoms with Crippen LogP contribution in [0.4, 0.5) is 0 Å². The van der Waals surface area contributed by atoms with Crippen LogP contribution in [0.3, 0.4) is 0 Å². The van der Waals surface area contributed by atoms with Crippen LogP contribution in [0.25, 0.3) is 0 Å². The molecule has 1 aromatic rings. The van der Waals surface area contributed by atoms with Crippen LogP contribution in [0.15, 0.2) is 24.3 Å². The zero-order valence-corrected chi connectivity index (χ0v) is 15.8. The third kappa shape index (κ3) is 7.84. The summed E-state index contributed by atoms with van der Waals surface area (Å²) in [6.07, 6.45) is -0.135. The number of carboxylic acid groups (broad SMARTS) is 1. The Balaban J connectivity index is 2.73. The van der Waals surface area contributed by atoms with E-state index in [9.17, 15) is 19.5 Å². The summed E-state index contributed by atoms with van der Waals surface area (Å²) in [6, 6.07) is 6.67. The Morgan fingerprint density at radius 3 is 2.31 bits per heavy atom. The molecule has 0 spiro atoms. The molecule has 0 fully saturated rings. The predicted molar refractivity (Wildman–Crippen MR) is 96.0 cm³/mol. The predicted octanol–water partition coefficient (Wildman–Crippen LogP) is -0.547. The quantitative estimate of drug-likeness (QED) is 0.501. The van der Waals surface area contributed by atoms with Gasteiger partial charge >= 0.3 is 0 Å². The maximum atomic E-state index is 12.1. The van der Waals surface area contributed by atoms with Gasteiger partial charge in [-0.3, -0.25) is 9.59 Å². The summed E-state index contributed by atoms with van der Waals surface area (Å²) in [5.41, 5.74) is 4.70. The molecule has 144 valence electrons. The van der Waals surface area contributed by atoms with E-state index in [2.05, 4.69) is 16.4 Å². The number of hydrogen-bond acceptors (Lipinski definition) is 4. The van der Waals surface area contributed by atoms with Gasteiger partial charge in [0.1, 0.15) is 0 Å². The fraction of sp³-hybridized carbons (Fsp3) is 0.500. The Morgan fingerprint density at radius 1 is 1.15 bits per heavy atom. The van der Waals surface area contributed by atoms with Crippen LogP contribution in [0.5, 0.6) is 0 Å². The number of hydrogen-bond donors (Lipinski definition) is 3. The van der Waals surface area contributed by atoms with E-state index >= 15 is 0 Å². The molecule has 0 aliphatic heterocycles. The molecule has 26 heavy (non-hydrogen) atoms. The van der Waals surface area contributed by atoms with Gasteiger partial charge in [-0.1, -0.05) is 37.6 Å². The highest BCUT2D eigenvalue weighted by Gasteiger charge is 2.23. The summed E-state index contributed by atoms with van der Waals surface area (Å²) in [5.74, 6) is -1.84. The van der Waals surface area contributed by atoms with Gasteiger partial charge in [0.2, 0.25) is 5.91 Å². The number of benzene rings is 1. The summed E-state index contributed by atoms with van der Waals surface area (Å²) < 4.78 is 0. The minimum atomic E-state index is -1.22. The Hall–Kier alpha value is -2.12. The zero-order valence-electron chi connectivity index (χ0n) is 15.1. The minimum Gasteiger partial charge on any atom is -0.550 e. The second-order valence-corrected chi connectivity index (χ2v) is 6.96. The molecular weight excluding hydrogens is 358 g/mol. The molecular formula is C18H26ClN3O4. The molecule has 0 aromatic heterocycles. The van der Waals surface area contributed by atoms with Crippen LogP contribution in [-0.2, 0) is 14.4 Å². The third-order valence-electron chi connectivity index (χ3n) is 4.09. The van der Waals surface area contributed by atoms with Crippen LogP contribution >= 0.6 is 11.6 Å². The fourth-order valence-corrected chi connectivity index (χ4v) is 2.43. The van der Waals surface area contributed by atoms with E-state index < -0.39 is 5.97 Å². The van der Waals surface area contributed by atoms with Gasteiger partial charge in [-0.25, -0.2) is 0 Å². The zero-order chi connectivity index (χ0) is 19.7. The van der Waals surface area contributed by atoms with Gasteiger partial charge in [-0.15, -0.1) is 0 Å². The van der Waals surface area contributed by atoms with Gasteiger partial charge in [0.05, 0.1) is 0 Å². The first-order valence-corrected chi connectivity index (χ1v) is 8.91. The molecule has 0 heterocycles. The van der Waals surface area contributed by atoms with E-state index in [0.29, 0.717) is 5.02 Å². The molecule has 0 saturated carbocycles. The number of amides is 2. The average molecular weight is 384 g/mol. The second kappa shape index (κ2) is 10.8. The first-order chi connectivity index (χ1) is 12.2. The van der Waals surface area contributed by atoms with E-state index in [4.69, 9.17) is 11.6 Å². The SMILES string of the molecule is CC(C)[C@H]([NH3+])C(=O)NC[C@@H](CC(=O)NCCC(=O)[O-])c1ccc(Cl)cc1. The molecule has 0 radical (unpaired) electrons. The number of rotatable bonds is 10. The van der Waals surface area contributed by atoms with Crippen molar-refractivity contribution in [2.75, 3.05) is 13.1 Å². The maximum Gasteiger partial charge on any atom is 0.278 e. The molecule has 7 nitrogen and oxygen atoms in total. The molecule has 0 aliphatic rings. The van der Waals surface area contributed by atoms with Gasteiger partial charge in [0.15, 0.2) is 6.04 Å². The number of carbonyl (C=O) groups excluding carboxylic acids is 3. The lowest BCUT2D eigenvalue weighted by atomic mass is 9.94. The van der Waals surface area contributed by atoms with Crippen LogP contribution in [0, 0.1) is 5.92 Å². The van der Waals surface area contributed by atoms with Crippen LogP contribution < -0.4 is 21.5 Å². The summed E-state index contributed by atoms with van der Waals surface area (Å²) in [4.78, 5) is 34.7. The van der Waals surface area contributed by atoms with Crippen LogP contribution in [0.2, 0.25) is 5.02 Å². The van der Waals surface area contributed by atoms with Crippen molar-refractivity contribution in [1.82, 2.24) is 10.6 Å². The van der Waals surface area contributed by atoms with Crippen molar-refractivity contribution in [3.63, 3.8) is 0 Å². The van der Waals surface area contributed by atoms with Gasteiger partial charge in [-0.2, -0.15) is 0 Å². The second-order valence-electron chi connectivity index (χ2n) is 6.52. The standard InChI is InChI=1S/C18H26ClN3O4/c1-11(2)17(20)18(26)22-10-13(12-3-5-14(19)6-4-12)9-15(23)21-8-7-16(24)25/h3-6,11,13,17H,7-10,20H2,1-2H3,(H,21,23)(H,22,26)(H,24,25)/t13-,17+/m1/s1. The number of aliphatic carboxylic acids is 1. The normalized spacial score (nSPS) is 13.1. The van der Waals surface area contributed by atoms with Crippen molar-refractivity contribution < 1.29 is 25.2 Å². The lowest BCUT2D eigenvalue weighted by Gasteiger charge is -2.20. The van der Waals surface area contributed by atoms with Gasteiger partial charge in [0.25, 0.3) is 5.91 Å². The number of nitrogens with one attached hydrogen (secondary N) is 2. The lowest BCUT2D eigenvalue weighted by molar-refractivity contribution is -0.414. The maximum absolute atomic E-state index is 12.1. The summed E-state index contributed by atoms with van der Waals surface area (Å²) in [7, 11) is 0. The van der Waals surface area contributed by atoms with Crippen molar-refractivity contribution in [1.29, 1.82) is 0 Å². The van der Waals surface area contributed by atoms with Crippen molar-refractivity contribution >= 4 is 29.4 Å². The van der Waals surface area contributed by atoms with E-state index in [1.165, 1.54) is 0 Å². The van der Waals surface area contributed by atoms with Crippen molar-refractivity contribution in [3.05, 3.63) is 34.9 Å². The highest BCUT2D eigenvalue weighted by atomic mass is 35.5. The van der Waals surface area contributed by atoms with Crippen LogP contribution in [0.1, 0.15) is 38.2 Å². The molecule has 0 saturated heterocycles. The Morgan fingerprint density at radius 2 is 1.77 bits per heavy atom. The van der Waals surface area contributed by atoms with Crippen molar-refractivity contribution in [2.45, 2.75) is 38.6 Å². The number of carbonyl (C=O) groups is 3. The summed E-state index contributed by atoms with van der Waals surface area (Å²) >= 11 is 5.91. The molecule has 0 bridgehead atoms. The van der Waals surface area contributed by atoms with Crippen molar-refractivity contribution in [2.24, 2.45) is 5.92 Å². The Labute approximate surface area is 158 Å². The summed E-state index contributed by atoms with van der Waals surface area (Å²) in [5, 5.41) is 16.4. The number of carboxylic acids is 1. The van der Waals surface area contributed by atoms with Gasteiger partial charge < -0.3 is 26.3 Å². The highest BCUT2D eigenvalue weighted by molar-refractivity contribution is 6.30. The molecule has 1 rings (SSSR count). The molecule has 0 unspecified atom stereocenters.